The Kier molecular flexibility index (Phi) is 6.85. The van der Waals surface area contributed by atoms with Gasteiger partial charge in [0.2, 0.25) is 15.9 Å². The standard InChI is InChI=1S/C20H26N2O4S/c1-5-16-11-13-17(14-12-16)22(27(4,24)25)15(3)20(23)21-18-9-7-8-10-19(18)26-6-2/h7-15H,5-6H2,1-4H3,(H,21,23)/t15-/m1/s1. The normalized spacial score (nSPS) is 12.3. The fourth-order valence-corrected chi connectivity index (χ4v) is 3.95. The lowest BCUT2D eigenvalue weighted by molar-refractivity contribution is -0.116. The number of rotatable bonds is 8. The Balaban J connectivity index is 2.30. The number of para-hydroxylation sites is 2. The van der Waals surface area contributed by atoms with Gasteiger partial charge in [-0.25, -0.2) is 8.42 Å². The molecule has 27 heavy (non-hydrogen) atoms. The van der Waals surface area contributed by atoms with E-state index in [1.165, 1.54) is 0 Å². The van der Waals surface area contributed by atoms with Gasteiger partial charge >= 0.3 is 0 Å². The highest BCUT2D eigenvalue weighted by Crippen LogP contribution is 2.26. The average molecular weight is 391 g/mol. The minimum Gasteiger partial charge on any atom is -0.492 e. The van der Waals surface area contributed by atoms with Crippen LogP contribution < -0.4 is 14.4 Å². The number of amides is 1. The van der Waals surface area contributed by atoms with Crippen molar-refractivity contribution >= 4 is 27.3 Å². The third-order valence-corrected chi connectivity index (χ3v) is 5.37. The van der Waals surface area contributed by atoms with Gasteiger partial charge in [-0.1, -0.05) is 31.2 Å². The lowest BCUT2D eigenvalue weighted by Gasteiger charge is -2.28. The molecule has 0 saturated heterocycles. The molecule has 0 aliphatic rings. The van der Waals surface area contributed by atoms with Crippen LogP contribution in [0.2, 0.25) is 0 Å². The van der Waals surface area contributed by atoms with E-state index in [4.69, 9.17) is 4.74 Å². The highest BCUT2D eigenvalue weighted by Gasteiger charge is 2.29. The van der Waals surface area contributed by atoms with Gasteiger partial charge in [0.15, 0.2) is 0 Å². The molecule has 0 unspecified atom stereocenters. The zero-order valence-corrected chi connectivity index (χ0v) is 16.9. The molecular formula is C20H26N2O4S. The topological polar surface area (TPSA) is 75.7 Å². The van der Waals surface area contributed by atoms with Crippen LogP contribution in [0.4, 0.5) is 11.4 Å². The number of hydrogen-bond donors (Lipinski definition) is 1. The van der Waals surface area contributed by atoms with Crippen molar-refractivity contribution < 1.29 is 17.9 Å². The number of ether oxygens (including phenoxy) is 1. The first-order chi connectivity index (χ1) is 12.8. The Morgan fingerprint density at radius 2 is 1.74 bits per heavy atom. The van der Waals surface area contributed by atoms with E-state index in [1.54, 1.807) is 37.3 Å². The fourth-order valence-electron chi connectivity index (χ4n) is 2.78. The molecule has 0 saturated carbocycles. The summed E-state index contributed by atoms with van der Waals surface area (Å²) in [6.07, 6.45) is 1.95. The number of nitrogens with zero attached hydrogens (tertiary/aromatic N) is 1. The van der Waals surface area contributed by atoms with Gasteiger partial charge in [0.25, 0.3) is 0 Å². The van der Waals surface area contributed by atoms with Crippen LogP contribution in [0.1, 0.15) is 26.3 Å². The van der Waals surface area contributed by atoms with Crippen molar-refractivity contribution in [1.29, 1.82) is 0 Å². The monoisotopic (exact) mass is 390 g/mol. The molecule has 0 heterocycles. The number of hydrogen-bond acceptors (Lipinski definition) is 4. The molecule has 146 valence electrons. The molecule has 0 aliphatic carbocycles. The second-order valence-corrected chi connectivity index (χ2v) is 8.03. The van der Waals surface area contributed by atoms with Crippen LogP contribution >= 0.6 is 0 Å². The lowest BCUT2D eigenvalue weighted by atomic mass is 10.1. The number of carbonyl (C=O) groups is 1. The molecule has 0 aromatic heterocycles. The second kappa shape index (κ2) is 8.90. The van der Waals surface area contributed by atoms with Crippen molar-refractivity contribution in [2.45, 2.75) is 33.2 Å². The Labute approximate surface area is 161 Å². The highest BCUT2D eigenvalue weighted by molar-refractivity contribution is 7.92. The van der Waals surface area contributed by atoms with Crippen LogP contribution in [-0.2, 0) is 21.2 Å². The molecule has 6 nitrogen and oxygen atoms in total. The number of aryl methyl sites for hydroxylation is 1. The van der Waals surface area contributed by atoms with E-state index in [0.29, 0.717) is 23.7 Å². The summed E-state index contributed by atoms with van der Waals surface area (Å²) in [5.74, 6) is 0.103. The summed E-state index contributed by atoms with van der Waals surface area (Å²) in [7, 11) is -3.65. The smallest absolute Gasteiger partial charge is 0.248 e. The van der Waals surface area contributed by atoms with Crippen LogP contribution in [0, 0.1) is 0 Å². The summed E-state index contributed by atoms with van der Waals surface area (Å²) in [5, 5.41) is 2.77. The molecule has 1 amide bonds. The predicted octanol–water partition coefficient (Wildman–Crippen LogP) is 3.44. The van der Waals surface area contributed by atoms with Crippen LogP contribution in [0.5, 0.6) is 5.75 Å². The SMILES string of the molecule is CCOc1ccccc1NC(=O)[C@@H](C)N(c1ccc(CC)cc1)S(C)(=O)=O. The Morgan fingerprint density at radius 1 is 1.11 bits per heavy atom. The highest BCUT2D eigenvalue weighted by atomic mass is 32.2. The van der Waals surface area contributed by atoms with Gasteiger partial charge in [0.1, 0.15) is 11.8 Å². The minimum atomic E-state index is -3.65. The predicted molar refractivity (Wildman–Crippen MR) is 109 cm³/mol. The van der Waals surface area contributed by atoms with Crippen molar-refractivity contribution in [2.75, 3.05) is 22.5 Å². The first-order valence-corrected chi connectivity index (χ1v) is 10.7. The molecule has 1 atom stereocenters. The Bertz CT molecular complexity index is 879. The number of nitrogens with one attached hydrogen (secondary N) is 1. The number of benzene rings is 2. The summed E-state index contributed by atoms with van der Waals surface area (Å²) in [6.45, 7) is 5.90. The third kappa shape index (κ3) is 5.23. The quantitative estimate of drug-likeness (QED) is 0.749. The maximum absolute atomic E-state index is 12.8. The van der Waals surface area contributed by atoms with Gasteiger partial charge in [-0.3, -0.25) is 9.10 Å². The van der Waals surface area contributed by atoms with Crippen molar-refractivity contribution in [2.24, 2.45) is 0 Å². The molecule has 0 fully saturated rings. The Hall–Kier alpha value is -2.54. The molecule has 0 radical (unpaired) electrons. The van der Waals surface area contributed by atoms with Crippen molar-refractivity contribution in [3.05, 3.63) is 54.1 Å². The number of anilines is 2. The van der Waals surface area contributed by atoms with Crippen LogP contribution in [-0.4, -0.2) is 33.2 Å². The number of sulfonamides is 1. The van der Waals surface area contributed by atoms with Crippen molar-refractivity contribution in [1.82, 2.24) is 0 Å². The van der Waals surface area contributed by atoms with Crippen LogP contribution in [0.25, 0.3) is 0 Å². The molecule has 0 aliphatic heterocycles. The zero-order chi connectivity index (χ0) is 20.0. The molecule has 1 N–H and O–H groups in total. The third-order valence-electron chi connectivity index (χ3n) is 4.13. The zero-order valence-electron chi connectivity index (χ0n) is 16.1. The average Bonchev–Trinajstić information content (AvgIpc) is 2.63. The van der Waals surface area contributed by atoms with Gasteiger partial charge in [-0.15, -0.1) is 0 Å². The fraction of sp³-hybridized carbons (Fsp3) is 0.350. The summed E-state index contributed by atoms with van der Waals surface area (Å²) in [5.41, 5.74) is 2.05. The van der Waals surface area contributed by atoms with Gasteiger partial charge < -0.3 is 10.1 Å². The maximum Gasteiger partial charge on any atom is 0.248 e. The van der Waals surface area contributed by atoms with Gasteiger partial charge in [0, 0.05) is 0 Å². The summed E-state index contributed by atoms with van der Waals surface area (Å²) >= 11 is 0. The van der Waals surface area contributed by atoms with E-state index in [9.17, 15) is 13.2 Å². The minimum absolute atomic E-state index is 0.438. The summed E-state index contributed by atoms with van der Waals surface area (Å²) in [6, 6.07) is 13.3. The lowest BCUT2D eigenvalue weighted by Crippen LogP contribution is -2.45. The van der Waals surface area contributed by atoms with E-state index in [1.807, 2.05) is 32.0 Å². The van der Waals surface area contributed by atoms with Gasteiger partial charge in [-0.05, 0) is 50.1 Å². The number of carbonyl (C=O) groups excluding carboxylic acids is 1. The van der Waals surface area contributed by atoms with Crippen molar-refractivity contribution in [3.63, 3.8) is 0 Å². The second-order valence-electron chi connectivity index (χ2n) is 6.17. The molecular weight excluding hydrogens is 364 g/mol. The molecule has 7 heteroatoms. The molecule has 0 bridgehead atoms. The molecule has 2 aromatic rings. The first kappa shape index (κ1) is 20.8. The largest absolute Gasteiger partial charge is 0.492 e. The summed E-state index contributed by atoms with van der Waals surface area (Å²) in [4.78, 5) is 12.8. The first-order valence-electron chi connectivity index (χ1n) is 8.89. The van der Waals surface area contributed by atoms with E-state index in [2.05, 4.69) is 5.32 Å². The van der Waals surface area contributed by atoms with E-state index in [0.717, 1.165) is 22.5 Å². The van der Waals surface area contributed by atoms with Crippen LogP contribution in [0.15, 0.2) is 48.5 Å². The molecule has 2 aromatic carbocycles. The Morgan fingerprint density at radius 3 is 2.30 bits per heavy atom. The van der Waals surface area contributed by atoms with E-state index in [-0.39, 0.29) is 0 Å². The van der Waals surface area contributed by atoms with E-state index >= 15 is 0 Å². The van der Waals surface area contributed by atoms with E-state index < -0.39 is 22.0 Å². The van der Waals surface area contributed by atoms with Gasteiger partial charge in [0.05, 0.1) is 24.2 Å². The summed E-state index contributed by atoms with van der Waals surface area (Å²) < 4.78 is 31.4. The van der Waals surface area contributed by atoms with Gasteiger partial charge in [-0.2, -0.15) is 0 Å². The molecule has 2 rings (SSSR count). The maximum atomic E-state index is 12.8. The molecule has 0 spiro atoms. The van der Waals surface area contributed by atoms with Crippen molar-refractivity contribution in [3.8, 4) is 5.75 Å². The van der Waals surface area contributed by atoms with Crippen LogP contribution in [0.3, 0.4) is 0 Å².